The Morgan fingerprint density at radius 3 is 2.79 bits per heavy atom. The van der Waals surface area contributed by atoms with E-state index in [1.54, 1.807) is 0 Å². The van der Waals surface area contributed by atoms with Crippen molar-refractivity contribution in [2.45, 2.75) is 25.3 Å². The van der Waals surface area contributed by atoms with Crippen LogP contribution in [-0.4, -0.2) is 40.8 Å². The van der Waals surface area contributed by atoms with E-state index in [9.17, 15) is 18.4 Å². The summed E-state index contributed by atoms with van der Waals surface area (Å²) in [5.41, 5.74) is 0. The van der Waals surface area contributed by atoms with Crippen LogP contribution in [-0.2, 0) is 9.53 Å². The summed E-state index contributed by atoms with van der Waals surface area (Å²) in [5.74, 6) is -4.02. The number of hydrogen-bond acceptors (Lipinski definition) is 3. The van der Waals surface area contributed by atoms with Crippen LogP contribution in [0.1, 0.15) is 13.3 Å². The first kappa shape index (κ1) is 10.7. The lowest BCUT2D eigenvalue weighted by molar-refractivity contribution is -0.140. The van der Waals surface area contributed by atoms with E-state index >= 15 is 0 Å². The Morgan fingerprint density at radius 2 is 2.36 bits per heavy atom. The first-order valence-corrected chi connectivity index (χ1v) is 3.85. The topological polar surface area (TPSA) is 66.8 Å². The van der Waals surface area contributed by atoms with Crippen molar-refractivity contribution in [3.63, 3.8) is 0 Å². The van der Waals surface area contributed by atoms with Gasteiger partial charge in [0.05, 0.1) is 0 Å². The molecule has 0 aliphatic carbocycles. The van der Waals surface area contributed by atoms with E-state index in [2.05, 4.69) is 4.74 Å². The van der Waals surface area contributed by atoms with Crippen molar-refractivity contribution in [2.24, 2.45) is 0 Å². The highest BCUT2D eigenvalue weighted by Gasteiger charge is 2.43. The van der Waals surface area contributed by atoms with Gasteiger partial charge in [-0.2, -0.15) is 0 Å². The molecule has 1 heterocycles. The number of cyclic esters (lactones) is 1. The second-order valence-corrected chi connectivity index (χ2v) is 3.13. The molecule has 7 heteroatoms. The largest absolute Gasteiger partial charge is 0.465 e. The van der Waals surface area contributed by atoms with E-state index in [0.717, 1.165) is 0 Å². The number of carboxylic acid groups (broad SMARTS) is 1. The highest BCUT2D eigenvalue weighted by molar-refractivity contribution is 5.83. The fourth-order valence-electron chi connectivity index (χ4n) is 1.17. The van der Waals surface area contributed by atoms with Crippen LogP contribution in [0.3, 0.4) is 0 Å². The quantitative estimate of drug-likeness (QED) is 0.686. The maximum atomic E-state index is 12.6. The Kier molecular flexibility index (Phi) is 2.59. The molecule has 1 unspecified atom stereocenters. The zero-order valence-corrected chi connectivity index (χ0v) is 7.37. The summed E-state index contributed by atoms with van der Waals surface area (Å²) in [7, 11) is 0. The van der Waals surface area contributed by atoms with Gasteiger partial charge in [0.2, 0.25) is 5.92 Å². The van der Waals surface area contributed by atoms with E-state index in [4.69, 9.17) is 5.11 Å². The summed E-state index contributed by atoms with van der Waals surface area (Å²) in [6.45, 7) is 0.146. The van der Waals surface area contributed by atoms with E-state index in [1.165, 1.54) is 0 Å². The average molecular weight is 209 g/mol. The third kappa shape index (κ3) is 2.30. The molecule has 0 aromatic rings. The minimum Gasteiger partial charge on any atom is -0.465 e. The Balaban J connectivity index is 2.72. The molecule has 1 N–H and O–H groups in total. The number of nitrogens with zero attached hydrogens (tertiary/aromatic N) is 1. The van der Waals surface area contributed by atoms with E-state index in [1.807, 2.05) is 0 Å². The van der Waals surface area contributed by atoms with Crippen LogP contribution < -0.4 is 0 Å². The number of carbonyl (C=O) groups is 2. The summed E-state index contributed by atoms with van der Waals surface area (Å²) in [5, 5.41) is 8.55. The molecule has 0 radical (unpaired) electrons. The van der Waals surface area contributed by atoms with Gasteiger partial charge >= 0.3 is 12.1 Å². The number of esters is 1. The van der Waals surface area contributed by atoms with E-state index in [0.29, 0.717) is 11.8 Å². The molecule has 0 aromatic heterocycles. The van der Waals surface area contributed by atoms with Crippen molar-refractivity contribution in [1.82, 2.24) is 4.90 Å². The minimum atomic E-state index is -3.10. The lowest BCUT2D eigenvalue weighted by Gasteiger charge is -2.19. The van der Waals surface area contributed by atoms with Crippen molar-refractivity contribution >= 4 is 12.1 Å². The smallest absolute Gasteiger partial charge is 0.410 e. The summed E-state index contributed by atoms with van der Waals surface area (Å²) < 4.78 is 29.5. The van der Waals surface area contributed by atoms with Gasteiger partial charge in [0.25, 0.3) is 0 Å². The van der Waals surface area contributed by atoms with Gasteiger partial charge in [-0.1, -0.05) is 0 Å². The highest BCUT2D eigenvalue weighted by Crippen LogP contribution is 2.25. The molecular formula is C7H9F2NO4. The number of alkyl halides is 2. The zero-order chi connectivity index (χ0) is 10.9. The van der Waals surface area contributed by atoms with Crippen molar-refractivity contribution in [3.8, 4) is 0 Å². The molecule has 80 valence electrons. The Morgan fingerprint density at radius 1 is 1.79 bits per heavy atom. The normalized spacial score (nSPS) is 22.4. The molecule has 0 spiro atoms. The number of amides is 1. The maximum absolute atomic E-state index is 12.6. The molecule has 0 aromatic carbocycles. The Bertz CT molecular complexity index is 263. The van der Waals surface area contributed by atoms with Crippen LogP contribution in [0.5, 0.6) is 0 Å². The third-order valence-corrected chi connectivity index (χ3v) is 1.79. The van der Waals surface area contributed by atoms with Crippen molar-refractivity contribution in [3.05, 3.63) is 0 Å². The molecule has 1 amide bonds. The molecule has 14 heavy (non-hydrogen) atoms. The molecule has 1 fully saturated rings. The second-order valence-electron chi connectivity index (χ2n) is 3.13. The van der Waals surface area contributed by atoms with Crippen LogP contribution in [0, 0.1) is 0 Å². The molecule has 0 saturated carbocycles. The van der Waals surface area contributed by atoms with Gasteiger partial charge in [-0.15, -0.1) is 0 Å². The SMILES string of the molecule is CC(F)(F)CC1C(=O)OCN1C(=O)O. The average Bonchev–Trinajstić information content (AvgIpc) is 2.29. The van der Waals surface area contributed by atoms with Crippen LogP contribution in [0.2, 0.25) is 0 Å². The summed E-state index contributed by atoms with van der Waals surface area (Å²) in [4.78, 5) is 22.0. The number of rotatable bonds is 2. The van der Waals surface area contributed by atoms with Gasteiger partial charge < -0.3 is 9.84 Å². The van der Waals surface area contributed by atoms with Crippen molar-refractivity contribution < 1.29 is 28.2 Å². The molecule has 0 bridgehead atoms. The third-order valence-electron chi connectivity index (χ3n) is 1.79. The molecule has 5 nitrogen and oxygen atoms in total. The highest BCUT2D eigenvalue weighted by atomic mass is 19.3. The molecule has 1 aliphatic rings. The summed E-state index contributed by atoms with van der Waals surface area (Å²) in [6, 6.07) is -1.40. The first-order valence-electron chi connectivity index (χ1n) is 3.85. The zero-order valence-electron chi connectivity index (χ0n) is 7.37. The fraction of sp³-hybridized carbons (Fsp3) is 0.714. The molecule has 1 rings (SSSR count). The van der Waals surface area contributed by atoms with Gasteiger partial charge in [0, 0.05) is 6.42 Å². The first-order chi connectivity index (χ1) is 6.31. The minimum absolute atomic E-state index is 0.477. The predicted molar refractivity (Wildman–Crippen MR) is 39.8 cm³/mol. The molecule has 1 saturated heterocycles. The predicted octanol–water partition coefficient (Wildman–Crippen LogP) is 0.895. The Labute approximate surface area is 78.2 Å². The van der Waals surface area contributed by atoms with Gasteiger partial charge in [0.1, 0.15) is 6.04 Å². The molecular weight excluding hydrogens is 200 g/mol. The standard InChI is InChI=1S/C7H9F2NO4/c1-7(8,9)2-4-5(11)14-3-10(4)6(12)13/h4H,2-3H2,1H3,(H,12,13). The summed E-state index contributed by atoms with van der Waals surface area (Å²) in [6.07, 6.45) is -2.29. The monoisotopic (exact) mass is 209 g/mol. The number of carbonyl (C=O) groups excluding carboxylic acids is 1. The van der Waals surface area contributed by atoms with Gasteiger partial charge in [-0.3, -0.25) is 4.90 Å². The molecule has 1 aliphatic heterocycles. The number of halogens is 2. The van der Waals surface area contributed by atoms with Gasteiger partial charge in [-0.25, -0.2) is 18.4 Å². The van der Waals surface area contributed by atoms with Crippen LogP contribution in [0.15, 0.2) is 0 Å². The van der Waals surface area contributed by atoms with E-state index < -0.39 is 37.2 Å². The fourth-order valence-corrected chi connectivity index (χ4v) is 1.17. The van der Waals surface area contributed by atoms with Gasteiger partial charge in [0.15, 0.2) is 6.73 Å². The van der Waals surface area contributed by atoms with Crippen LogP contribution >= 0.6 is 0 Å². The van der Waals surface area contributed by atoms with Crippen LogP contribution in [0.4, 0.5) is 13.6 Å². The maximum Gasteiger partial charge on any atom is 0.410 e. The Hall–Kier alpha value is -1.40. The number of hydrogen-bond donors (Lipinski definition) is 1. The van der Waals surface area contributed by atoms with Crippen LogP contribution in [0.25, 0.3) is 0 Å². The van der Waals surface area contributed by atoms with E-state index in [-0.39, 0.29) is 0 Å². The summed E-state index contributed by atoms with van der Waals surface area (Å²) >= 11 is 0. The lowest BCUT2D eigenvalue weighted by atomic mass is 10.1. The van der Waals surface area contributed by atoms with Crippen molar-refractivity contribution in [2.75, 3.05) is 6.73 Å². The van der Waals surface area contributed by atoms with Crippen molar-refractivity contribution in [1.29, 1.82) is 0 Å². The lowest BCUT2D eigenvalue weighted by Crippen LogP contribution is -2.40. The second kappa shape index (κ2) is 3.39. The van der Waals surface area contributed by atoms with Gasteiger partial charge in [-0.05, 0) is 6.92 Å². The number of ether oxygens (including phenoxy) is 1. The molecule has 1 atom stereocenters.